The maximum atomic E-state index is 12.7. The van der Waals surface area contributed by atoms with E-state index in [9.17, 15) is 18.5 Å². The number of aromatic nitrogens is 1. The molecule has 0 saturated carbocycles. The largest absolute Gasteiger partial charge is 0.497 e. The van der Waals surface area contributed by atoms with Gasteiger partial charge in [0.15, 0.2) is 0 Å². The fourth-order valence-electron chi connectivity index (χ4n) is 2.58. The van der Waals surface area contributed by atoms with Crippen molar-refractivity contribution in [3.05, 3.63) is 82.7 Å². The number of rotatable bonds is 8. The Morgan fingerprint density at radius 2 is 1.90 bits per heavy atom. The quantitative estimate of drug-likeness (QED) is 0.309. The number of hydrogen-bond donors (Lipinski definition) is 2. The van der Waals surface area contributed by atoms with Gasteiger partial charge in [-0.05, 0) is 49.4 Å². The number of ether oxygens (including phenoxy) is 1. The molecule has 0 saturated heterocycles. The zero-order chi connectivity index (χ0) is 22.4. The van der Waals surface area contributed by atoms with Gasteiger partial charge in [-0.1, -0.05) is 6.07 Å². The number of anilines is 2. The molecule has 3 aromatic rings. The van der Waals surface area contributed by atoms with Crippen LogP contribution in [0.4, 0.5) is 17.1 Å². The van der Waals surface area contributed by atoms with E-state index >= 15 is 0 Å². The van der Waals surface area contributed by atoms with Gasteiger partial charge in [0, 0.05) is 29.7 Å². The van der Waals surface area contributed by atoms with Gasteiger partial charge in [-0.15, -0.1) is 0 Å². The Hall–Kier alpha value is -3.99. The van der Waals surface area contributed by atoms with Gasteiger partial charge in [0.05, 0.1) is 22.6 Å². The molecule has 10 nitrogen and oxygen atoms in total. The highest BCUT2D eigenvalue weighted by molar-refractivity contribution is 7.92. The molecule has 2 aromatic carbocycles. The topological polar surface area (TPSA) is 136 Å². The van der Waals surface area contributed by atoms with E-state index in [-0.39, 0.29) is 10.6 Å². The lowest BCUT2D eigenvalue weighted by Gasteiger charge is -2.10. The molecule has 11 heteroatoms. The van der Waals surface area contributed by atoms with Gasteiger partial charge in [0.2, 0.25) is 0 Å². The van der Waals surface area contributed by atoms with E-state index in [4.69, 9.17) is 4.74 Å². The first-order chi connectivity index (χ1) is 14.8. The van der Waals surface area contributed by atoms with Crippen LogP contribution in [0, 0.1) is 10.1 Å². The highest BCUT2D eigenvalue weighted by Gasteiger charge is 2.21. The third-order valence-electron chi connectivity index (χ3n) is 4.24. The number of nitro benzene ring substituents is 1. The van der Waals surface area contributed by atoms with Crippen LogP contribution in [0.15, 0.2) is 77.0 Å². The summed E-state index contributed by atoms with van der Waals surface area (Å²) in [5.41, 5.74) is 3.83. The molecular weight excluding hydrogens is 422 g/mol. The van der Waals surface area contributed by atoms with E-state index in [0.717, 1.165) is 11.6 Å². The number of nitro groups is 1. The standard InChI is InChI=1S/C20H19N5O5S/c1-14(15-4-3-11-21-13-15)22-23-19-10-9-18(12-20(19)25(26)27)31(28,29)24-16-5-7-17(30-2)8-6-16/h3-13,23-24H,1-2H3. The van der Waals surface area contributed by atoms with Crippen molar-refractivity contribution in [1.82, 2.24) is 4.98 Å². The van der Waals surface area contributed by atoms with Crippen LogP contribution in [0.5, 0.6) is 5.75 Å². The number of benzene rings is 2. The van der Waals surface area contributed by atoms with E-state index < -0.39 is 20.6 Å². The molecule has 0 unspecified atom stereocenters. The van der Waals surface area contributed by atoms with E-state index in [0.29, 0.717) is 17.1 Å². The fourth-order valence-corrected chi connectivity index (χ4v) is 3.66. The predicted molar refractivity (Wildman–Crippen MR) is 117 cm³/mol. The van der Waals surface area contributed by atoms with Crippen molar-refractivity contribution in [2.45, 2.75) is 11.8 Å². The molecule has 0 aliphatic heterocycles. The minimum Gasteiger partial charge on any atom is -0.497 e. The summed E-state index contributed by atoms with van der Waals surface area (Å²) in [7, 11) is -2.55. The zero-order valence-corrected chi connectivity index (χ0v) is 17.5. The van der Waals surface area contributed by atoms with Gasteiger partial charge >= 0.3 is 0 Å². The molecule has 0 radical (unpaired) electrons. The minimum absolute atomic E-state index is 0.0524. The van der Waals surface area contributed by atoms with Gasteiger partial charge in [-0.2, -0.15) is 5.10 Å². The Morgan fingerprint density at radius 1 is 1.16 bits per heavy atom. The number of sulfonamides is 1. The Kier molecular flexibility index (Phi) is 6.46. The number of hydrazone groups is 1. The van der Waals surface area contributed by atoms with Gasteiger partial charge < -0.3 is 4.74 Å². The molecular formula is C20H19N5O5S. The summed E-state index contributed by atoms with van der Waals surface area (Å²) in [4.78, 5) is 14.6. The number of pyridine rings is 1. The average molecular weight is 441 g/mol. The van der Waals surface area contributed by atoms with Crippen LogP contribution in [0.25, 0.3) is 0 Å². The number of hydrogen-bond acceptors (Lipinski definition) is 8. The Bertz CT molecular complexity index is 1210. The minimum atomic E-state index is -4.05. The SMILES string of the molecule is COc1ccc(NS(=O)(=O)c2ccc(NN=C(C)c3cccnc3)c([N+](=O)[O-])c2)cc1. The molecule has 0 atom stereocenters. The Labute approximate surface area is 178 Å². The van der Waals surface area contributed by atoms with Gasteiger partial charge in [-0.3, -0.25) is 25.2 Å². The van der Waals surface area contributed by atoms with Crippen molar-refractivity contribution in [1.29, 1.82) is 0 Å². The summed E-state index contributed by atoms with van der Waals surface area (Å²) in [6, 6.07) is 13.3. The van der Waals surface area contributed by atoms with E-state index in [1.807, 2.05) is 0 Å². The molecule has 160 valence electrons. The van der Waals surface area contributed by atoms with Crippen molar-refractivity contribution < 1.29 is 18.1 Å². The normalized spacial score (nSPS) is 11.6. The summed E-state index contributed by atoms with van der Waals surface area (Å²) < 4.78 is 32.8. The smallest absolute Gasteiger partial charge is 0.295 e. The van der Waals surface area contributed by atoms with E-state index in [1.54, 1.807) is 43.6 Å². The number of nitrogens with zero attached hydrogens (tertiary/aromatic N) is 3. The predicted octanol–water partition coefficient (Wildman–Crippen LogP) is 3.64. The lowest BCUT2D eigenvalue weighted by atomic mass is 10.2. The molecule has 0 aliphatic carbocycles. The maximum absolute atomic E-state index is 12.7. The highest BCUT2D eigenvalue weighted by atomic mass is 32.2. The second kappa shape index (κ2) is 9.22. The third-order valence-corrected chi connectivity index (χ3v) is 5.62. The Balaban J connectivity index is 1.86. The van der Waals surface area contributed by atoms with E-state index in [2.05, 4.69) is 20.2 Å². The van der Waals surface area contributed by atoms with Crippen LogP contribution in [-0.4, -0.2) is 31.1 Å². The lowest BCUT2D eigenvalue weighted by Crippen LogP contribution is -2.13. The van der Waals surface area contributed by atoms with Gasteiger partial charge in [0.25, 0.3) is 15.7 Å². The van der Waals surface area contributed by atoms with Crippen molar-refractivity contribution >= 4 is 32.8 Å². The molecule has 0 bridgehead atoms. The molecule has 31 heavy (non-hydrogen) atoms. The number of methoxy groups -OCH3 is 1. The molecule has 1 heterocycles. The third kappa shape index (κ3) is 5.34. The monoisotopic (exact) mass is 441 g/mol. The summed E-state index contributed by atoms with van der Waals surface area (Å²) in [5.74, 6) is 0.566. The Morgan fingerprint density at radius 3 is 2.52 bits per heavy atom. The summed E-state index contributed by atoms with van der Waals surface area (Å²) in [6.07, 6.45) is 3.23. The number of nitrogens with one attached hydrogen (secondary N) is 2. The summed E-state index contributed by atoms with van der Waals surface area (Å²) in [5, 5.41) is 15.7. The molecule has 1 aromatic heterocycles. The fraction of sp³-hybridized carbons (Fsp3) is 0.100. The van der Waals surface area contributed by atoms with Crippen LogP contribution in [-0.2, 0) is 10.0 Å². The molecule has 2 N–H and O–H groups in total. The first-order valence-corrected chi connectivity index (χ1v) is 10.4. The van der Waals surface area contributed by atoms with E-state index in [1.165, 1.54) is 31.4 Å². The van der Waals surface area contributed by atoms with Crippen molar-refractivity contribution in [3.8, 4) is 5.75 Å². The second-order valence-electron chi connectivity index (χ2n) is 6.32. The van der Waals surface area contributed by atoms with Crippen LogP contribution < -0.4 is 14.9 Å². The molecule has 3 rings (SSSR count). The molecule has 0 fully saturated rings. The maximum Gasteiger partial charge on any atom is 0.295 e. The first-order valence-electron chi connectivity index (χ1n) is 8.96. The molecule has 0 aliphatic rings. The van der Waals surface area contributed by atoms with Crippen molar-refractivity contribution in [2.24, 2.45) is 5.10 Å². The average Bonchev–Trinajstić information content (AvgIpc) is 2.78. The van der Waals surface area contributed by atoms with Crippen LogP contribution in [0.2, 0.25) is 0 Å². The van der Waals surface area contributed by atoms with Crippen molar-refractivity contribution in [3.63, 3.8) is 0 Å². The summed E-state index contributed by atoms with van der Waals surface area (Å²) in [6.45, 7) is 1.72. The second-order valence-corrected chi connectivity index (χ2v) is 8.00. The first kappa shape index (κ1) is 21.7. The summed E-state index contributed by atoms with van der Waals surface area (Å²) >= 11 is 0. The van der Waals surface area contributed by atoms with Crippen LogP contribution in [0.1, 0.15) is 12.5 Å². The van der Waals surface area contributed by atoms with Gasteiger partial charge in [-0.25, -0.2) is 8.42 Å². The zero-order valence-electron chi connectivity index (χ0n) is 16.6. The lowest BCUT2D eigenvalue weighted by molar-refractivity contribution is -0.384. The molecule has 0 spiro atoms. The van der Waals surface area contributed by atoms with Crippen molar-refractivity contribution in [2.75, 3.05) is 17.3 Å². The van der Waals surface area contributed by atoms with Crippen LogP contribution >= 0.6 is 0 Å². The molecule has 0 amide bonds. The van der Waals surface area contributed by atoms with Gasteiger partial charge in [0.1, 0.15) is 11.4 Å². The highest BCUT2D eigenvalue weighted by Crippen LogP contribution is 2.29. The van der Waals surface area contributed by atoms with Crippen LogP contribution in [0.3, 0.4) is 0 Å².